The number of pyridine rings is 1. The molecule has 39 heavy (non-hydrogen) atoms. The fourth-order valence-corrected chi connectivity index (χ4v) is 5.56. The minimum atomic E-state index is -0.0201. The first kappa shape index (κ1) is 26.5. The topological polar surface area (TPSA) is 75.2 Å². The molecule has 2 saturated heterocycles. The molecule has 0 radical (unpaired) electrons. The highest BCUT2D eigenvalue weighted by molar-refractivity contribution is 5.97. The van der Waals surface area contributed by atoms with Gasteiger partial charge in [0, 0.05) is 62.6 Å². The molecule has 1 aromatic heterocycles. The highest BCUT2D eigenvalue weighted by Crippen LogP contribution is 2.32. The third kappa shape index (κ3) is 5.70. The SMILES string of the molecule is COc1cccc(N2CCN(C(=O)c3ccc(C)nc3C3CCN(C(=O)c4ccccc4OC)CC3)CC2)c1. The van der Waals surface area contributed by atoms with Gasteiger partial charge in [0.25, 0.3) is 11.8 Å². The zero-order valence-electron chi connectivity index (χ0n) is 22.9. The molecule has 0 N–H and O–H groups in total. The van der Waals surface area contributed by atoms with E-state index in [-0.39, 0.29) is 17.7 Å². The molecule has 5 rings (SSSR count). The molecule has 2 fully saturated rings. The van der Waals surface area contributed by atoms with Crippen LogP contribution in [0.15, 0.2) is 60.7 Å². The van der Waals surface area contributed by atoms with E-state index in [1.54, 1.807) is 20.3 Å². The smallest absolute Gasteiger partial charge is 0.257 e. The van der Waals surface area contributed by atoms with Crippen molar-refractivity contribution in [2.45, 2.75) is 25.7 Å². The number of ether oxygens (including phenoxy) is 2. The largest absolute Gasteiger partial charge is 0.497 e. The van der Waals surface area contributed by atoms with Gasteiger partial charge in [-0.15, -0.1) is 0 Å². The summed E-state index contributed by atoms with van der Waals surface area (Å²) in [5.74, 6) is 1.56. The zero-order chi connectivity index (χ0) is 27.4. The fourth-order valence-electron chi connectivity index (χ4n) is 5.56. The number of methoxy groups -OCH3 is 2. The van der Waals surface area contributed by atoms with Crippen LogP contribution in [-0.4, -0.2) is 80.1 Å². The Kier molecular flexibility index (Phi) is 8.00. The summed E-state index contributed by atoms with van der Waals surface area (Å²) in [7, 11) is 3.25. The molecule has 8 heteroatoms. The first-order valence-corrected chi connectivity index (χ1v) is 13.6. The molecule has 0 spiro atoms. The minimum Gasteiger partial charge on any atom is -0.497 e. The minimum absolute atomic E-state index is 0.0201. The predicted octanol–water partition coefficient (Wildman–Crippen LogP) is 4.39. The van der Waals surface area contributed by atoms with Crippen LogP contribution in [0, 0.1) is 6.92 Å². The molecule has 2 aliphatic rings. The number of anilines is 1. The van der Waals surface area contributed by atoms with Crippen LogP contribution in [0.3, 0.4) is 0 Å². The molecule has 2 aromatic carbocycles. The highest BCUT2D eigenvalue weighted by atomic mass is 16.5. The summed E-state index contributed by atoms with van der Waals surface area (Å²) in [5.41, 5.74) is 4.13. The number of piperazine rings is 1. The lowest BCUT2D eigenvalue weighted by Gasteiger charge is -2.37. The van der Waals surface area contributed by atoms with Crippen LogP contribution in [0.2, 0.25) is 0 Å². The molecule has 0 atom stereocenters. The Bertz CT molecular complexity index is 1330. The van der Waals surface area contributed by atoms with E-state index in [1.165, 1.54) is 0 Å². The number of aryl methyl sites for hydroxylation is 1. The fraction of sp³-hybridized carbons (Fsp3) is 0.387. The van der Waals surface area contributed by atoms with E-state index in [9.17, 15) is 9.59 Å². The Morgan fingerprint density at radius 3 is 2.18 bits per heavy atom. The second kappa shape index (κ2) is 11.8. The van der Waals surface area contributed by atoms with Crippen molar-refractivity contribution in [2.75, 3.05) is 58.4 Å². The number of hydrogen-bond acceptors (Lipinski definition) is 6. The average Bonchev–Trinajstić information content (AvgIpc) is 3.00. The van der Waals surface area contributed by atoms with Crippen molar-refractivity contribution in [3.05, 3.63) is 83.2 Å². The number of para-hydroxylation sites is 1. The molecule has 2 amide bonds. The second-order valence-electron chi connectivity index (χ2n) is 10.1. The molecule has 2 aliphatic heterocycles. The van der Waals surface area contributed by atoms with Crippen LogP contribution in [0.1, 0.15) is 50.9 Å². The van der Waals surface area contributed by atoms with E-state index in [0.29, 0.717) is 43.1 Å². The Morgan fingerprint density at radius 2 is 1.46 bits per heavy atom. The van der Waals surface area contributed by atoms with Gasteiger partial charge < -0.3 is 24.2 Å². The van der Waals surface area contributed by atoms with Crippen LogP contribution in [0.4, 0.5) is 5.69 Å². The van der Waals surface area contributed by atoms with Gasteiger partial charge in [0.1, 0.15) is 11.5 Å². The Morgan fingerprint density at radius 1 is 0.769 bits per heavy atom. The monoisotopic (exact) mass is 528 g/mol. The standard InChI is InChI=1S/C31H36N4O4/c1-22-11-12-27(31(37)35-19-17-33(18-20-35)24-7-6-8-25(21-24)38-2)29(32-22)23-13-15-34(16-14-23)30(36)26-9-4-5-10-28(26)39-3/h4-12,21,23H,13-20H2,1-3H3. The Balaban J connectivity index is 1.25. The Labute approximate surface area is 230 Å². The summed E-state index contributed by atoms with van der Waals surface area (Å²) in [6.07, 6.45) is 1.53. The number of aromatic nitrogens is 1. The first-order chi connectivity index (χ1) is 19.0. The number of likely N-dealkylation sites (tertiary alicyclic amines) is 1. The van der Waals surface area contributed by atoms with Gasteiger partial charge in [-0.25, -0.2) is 0 Å². The summed E-state index contributed by atoms with van der Waals surface area (Å²) < 4.78 is 10.8. The van der Waals surface area contributed by atoms with E-state index in [1.807, 2.05) is 65.3 Å². The number of hydrogen-bond donors (Lipinski definition) is 0. The second-order valence-corrected chi connectivity index (χ2v) is 10.1. The third-order valence-electron chi connectivity index (χ3n) is 7.79. The summed E-state index contributed by atoms with van der Waals surface area (Å²) >= 11 is 0. The van der Waals surface area contributed by atoms with E-state index in [0.717, 1.165) is 48.8 Å². The summed E-state index contributed by atoms with van der Waals surface area (Å²) in [6.45, 7) is 6.01. The number of nitrogens with zero attached hydrogens (tertiary/aromatic N) is 4. The van der Waals surface area contributed by atoms with Crippen molar-refractivity contribution in [2.24, 2.45) is 0 Å². The van der Waals surface area contributed by atoms with Crippen LogP contribution in [-0.2, 0) is 0 Å². The van der Waals surface area contributed by atoms with Crippen molar-refractivity contribution in [3.8, 4) is 11.5 Å². The van der Waals surface area contributed by atoms with Crippen LogP contribution < -0.4 is 14.4 Å². The van der Waals surface area contributed by atoms with Gasteiger partial charge in [-0.2, -0.15) is 0 Å². The lowest BCUT2D eigenvalue weighted by Crippen LogP contribution is -2.49. The molecule has 8 nitrogen and oxygen atoms in total. The molecular formula is C31H36N4O4. The van der Waals surface area contributed by atoms with E-state index >= 15 is 0 Å². The maximum absolute atomic E-state index is 13.7. The lowest BCUT2D eigenvalue weighted by molar-refractivity contribution is 0.0699. The highest BCUT2D eigenvalue weighted by Gasteiger charge is 2.31. The van der Waals surface area contributed by atoms with Crippen molar-refractivity contribution >= 4 is 17.5 Å². The first-order valence-electron chi connectivity index (χ1n) is 13.6. The molecule has 3 aromatic rings. The summed E-state index contributed by atoms with van der Waals surface area (Å²) in [4.78, 5) is 37.9. The van der Waals surface area contributed by atoms with Gasteiger partial charge in [-0.3, -0.25) is 14.6 Å². The van der Waals surface area contributed by atoms with Crippen molar-refractivity contribution in [1.29, 1.82) is 0 Å². The van der Waals surface area contributed by atoms with Gasteiger partial charge in [-0.05, 0) is 56.2 Å². The van der Waals surface area contributed by atoms with Gasteiger partial charge in [0.15, 0.2) is 0 Å². The molecule has 0 aliphatic carbocycles. The molecule has 0 unspecified atom stereocenters. The van der Waals surface area contributed by atoms with Gasteiger partial charge in [0.2, 0.25) is 0 Å². The van der Waals surface area contributed by atoms with Crippen LogP contribution >= 0.6 is 0 Å². The van der Waals surface area contributed by atoms with Crippen molar-refractivity contribution in [1.82, 2.24) is 14.8 Å². The molecule has 204 valence electrons. The predicted molar refractivity (Wildman–Crippen MR) is 151 cm³/mol. The zero-order valence-corrected chi connectivity index (χ0v) is 22.9. The summed E-state index contributed by atoms with van der Waals surface area (Å²) in [5, 5.41) is 0. The number of rotatable bonds is 6. The third-order valence-corrected chi connectivity index (χ3v) is 7.79. The normalized spacial score (nSPS) is 16.2. The van der Waals surface area contributed by atoms with E-state index in [2.05, 4.69) is 11.0 Å². The lowest BCUT2D eigenvalue weighted by atomic mass is 9.89. The number of benzene rings is 2. The Hall–Kier alpha value is -4.07. The van der Waals surface area contributed by atoms with E-state index in [4.69, 9.17) is 14.5 Å². The molecule has 0 bridgehead atoms. The van der Waals surface area contributed by atoms with E-state index < -0.39 is 0 Å². The van der Waals surface area contributed by atoms with Gasteiger partial charge in [0.05, 0.1) is 31.0 Å². The van der Waals surface area contributed by atoms with Crippen LogP contribution in [0.5, 0.6) is 11.5 Å². The van der Waals surface area contributed by atoms with Crippen molar-refractivity contribution < 1.29 is 19.1 Å². The quantitative estimate of drug-likeness (QED) is 0.473. The summed E-state index contributed by atoms with van der Waals surface area (Å²) in [6, 6.07) is 19.2. The van der Waals surface area contributed by atoms with Gasteiger partial charge in [-0.1, -0.05) is 18.2 Å². The van der Waals surface area contributed by atoms with Crippen molar-refractivity contribution in [3.63, 3.8) is 0 Å². The maximum Gasteiger partial charge on any atom is 0.257 e. The molecule has 3 heterocycles. The number of carbonyl (C=O) groups is 2. The average molecular weight is 529 g/mol. The van der Waals surface area contributed by atoms with Gasteiger partial charge >= 0.3 is 0 Å². The molecule has 0 saturated carbocycles. The number of piperidine rings is 1. The van der Waals surface area contributed by atoms with Crippen LogP contribution in [0.25, 0.3) is 0 Å². The maximum atomic E-state index is 13.7. The molecular weight excluding hydrogens is 492 g/mol. The number of carbonyl (C=O) groups excluding carboxylic acids is 2. The number of amides is 2.